The molecule has 17 heavy (non-hydrogen) atoms. The Bertz CT molecular complexity index is 543. The van der Waals surface area contributed by atoms with Gasteiger partial charge in [-0.05, 0) is 12.1 Å². The fraction of sp³-hybridized carbons (Fsp3) is 0.182. The van der Waals surface area contributed by atoms with Crippen molar-refractivity contribution in [2.45, 2.75) is 12.5 Å². The van der Waals surface area contributed by atoms with Gasteiger partial charge in [0.25, 0.3) is 0 Å². The molecule has 1 unspecified atom stereocenters. The predicted molar refractivity (Wildman–Crippen MR) is 57.9 cm³/mol. The molecule has 2 aromatic rings. The molecule has 0 spiro atoms. The number of nitrogens with two attached hydrogens (primary N) is 1. The van der Waals surface area contributed by atoms with Crippen molar-refractivity contribution in [3.63, 3.8) is 0 Å². The minimum atomic E-state index is -0.498. The van der Waals surface area contributed by atoms with Gasteiger partial charge >= 0.3 is 0 Å². The van der Waals surface area contributed by atoms with Crippen molar-refractivity contribution in [3.8, 4) is 23.9 Å². The van der Waals surface area contributed by atoms with Gasteiger partial charge < -0.3 is 10.3 Å². The molecular formula is C11H9FN4O. The molecule has 0 aliphatic heterocycles. The highest BCUT2D eigenvalue weighted by Crippen LogP contribution is 2.17. The van der Waals surface area contributed by atoms with Crippen molar-refractivity contribution in [1.82, 2.24) is 15.1 Å². The number of nitrogens with zero attached hydrogens (tertiary/aromatic N) is 3. The minimum Gasteiger partial charge on any atom is -0.337 e. The quantitative estimate of drug-likeness (QED) is 0.807. The summed E-state index contributed by atoms with van der Waals surface area (Å²) in [6, 6.07) is 2.22. The number of hydrogen-bond donors (Lipinski definition) is 1. The molecule has 0 bridgehead atoms. The summed E-state index contributed by atoms with van der Waals surface area (Å²) in [5.74, 6) is 2.47. The Morgan fingerprint density at radius 2 is 2.35 bits per heavy atom. The normalized spacial score (nSPS) is 12.1. The maximum absolute atomic E-state index is 12.7. The van der Waals surface area contributed by atoms with E-state index in [2.05, 4.69) is 21.0 Å². The average Bonchev–Trinajstić information content (AvgIpc) is 2.80. The smallest absolute Gasteiger partial charge is 0.244 e. The van der Waals surface area contributed by atoms with E-state index < -0.39 is 11.9 Å². The summed E-state index contributed by atoms with van der Waals surface area (Å²) in [6.45, 7) is 0. The van der Waals surface area contributed by atoms with Gasteiger partial charge in [0.15, 0.2) is 0 Å². The molecule has 2 rings (SSSR count). The van der Waals surface area contributed by atoms with Gasteiger partial charge in [-0.25, -0.2) is 9.37 Å². The number of aromatic nitrogens is 3. The lowest BCUT2D eigenvalue weighted by atomic mass is 10.2. The van der Waals surface area contributed by atoms with Gasteiger partial charge in [-0.15, -0.1) is 12.3 Å². The Morgan fingerprint density at radius 1 is 1.53 bits per heavy atom. The van der Waals surface area contributed by atoms with Crippen LogP contribution in [0.1, 0.15) is 18.4 Å². The SMILES string of the molecule is C#CCC(N)c1nc(-c2ccc(F)cn2)no1. The van der Waals surface area contributed by atoms with E-state index in [9.17, 15) is 4.39 Å². The van der Waals surface area contributed by atoms with Crippen molar-refractivity contribution in [2.24, 2.45) is 5.73 Å². The number of rotatable bonds is 3. The molecule has 1 atom stereocenters. The molecule has 2 N–H and O–H groups in total. The van der Waals surface area contributed by atoms with Crippen molar-refractivity contribution in [2.75, 3.05) is 0 Å². The van der Waals surface area contributed by atoms with E-state index in [-0.39, 0.29) is 11.7 Å². The van der Waals surface area contributed by atoms with Crippen LogP contribution in [0, 0.1) is 18.2 Å². The van der Waals surface area contributed by atoms with Gasteiger partial charge in [0, 0.05) is 6.42 Å². The van der Waals surface area contributed by atoms with Gasteiger partial charge in [0.1, 0.15) is 11.5 Å². The fourth-order valence-electron chi connectivity index (χ4n) is 1.21. The Balaban J connectivity index is 2.24. The highest BCUT2D eigenvalue weighted by molar-refractivity contribution is 5.47. The molecule has 0 radical (unpaired) electrons. The van der Waals surface area contributed by atoms with Crippen LogP contribution in [0.25, 0.3) is 11.5 Å². The van der Waals surface area contributed by atoms with E-state index >= 15 is 0 Å². The summed E-state index contributed by atoms with van der Waals surface area (Å²) in [5.41, 5.74) is 6.11. The van der Waals surface area contributed by atoms with Gasteiger partial charge in [-0.2, -0.15) is 4.98 Å². The van der Waals surface area contributed by atoms with Crippen LogP contribution in [0.4, 0.5) is 4.39 Å². The lowest BCUT2D eigenvalue weighted by Crippen LogP contribution is -2.09. The third-order valence-corrected chi connectivity index (χ3v) is 2.05. The van der Waals surface area contributed by atoms with Gasteiger partial charge in [0.2, 0.25) is 11.7 Å². The monoisotopic (exact) mass is 232 g/mol. The summed E-state index contributed by atoms with van der Waals surface area (Å²) in [7, 11) is 0. The number of halogens is 1. The molecule has 0 fully saturated rings. The highest BCUT2D eigenvalue weighted by Gasteiger charge is 2.15. The van der Waals surface area contributed by atoms with Gasteiger partial charge in [0.05, 0.1) is 12.2 Å². The number of hydrogen-bond acceptors (Lipinski definition) is 5. The first-order valence-electron chi connectivity index (χ1n) is 4.85. The van der Waals surface area contributed by atoms with E-state index in [1.807, 2.05) is 0 Å². The lowest BCUT2D eigenvalue weighted by molar-refractivity contribution is 0.356. The van der Waals surface area contributed by atoms with Crippen molar-refractivity contribution < 1.29 is 8.91 Å². The molecule has 0 aliphatic carbocycles. The first-order valence-corrected chi connectivity index (χ1v) is 4.85. The third kappa shape index (κ3) is 2.46. The van der Waals surface area contributed by atoms with E-state index in [0.717, 1.165) is 6.20 Å². The number of pyridine rings is 1. The Labute approximate surface area is 96.9 Å². The second kappa shape index (κ2) is 4.72. The van der Waals surface area contributed by atoms with Crippen LogP contribution >= 0.6 is 0 Å². The summed E-state index contributed by atoms with van der Waals surface area (Å²) < 4.78 is 17.6. The molecule has 0 amide bonds. The first kappa shape index (κ1) is 11.2. The molecule has 0 aliphatic rings. The maximum Gasteiger partial charge on any atom is 0.244 e. The summed E-state index contributed by atoms with van der Waals surface area (Å²) in [4.78, 5) is 7.87. The summed E-state index contributed by atoms with van der Waals surface area (Å²) in [5, 5.41) is 3.70. The predicted octanol–water partition coefficient (Wildman–Crippen LogP) is 1.29. The Kier molecular flexibility index (Phi) is 3.12. The lowest BCUT2D eigenvalue weighted by Gasteiger charge is -1.98. The van der Waals surface area contributed by atoms with E-state index in [1.54, 1.807) is 0 Å². The molecular weight excluding hydrogens is 223 g/mol. The maximum atomic E-state index is 12.7. The fourth-order valence-corrected chi connectivity index (χ4v) is 1.21. The Hall–Kier alpha value is -2.26. The molecule has 86 valence electrons. The molecule has 5 nitrogen and oxygen atoms in total. The average molecular weight is 232 g/mol. The highest BCUT2D eigenvalue weighted by atomic mass is 19.1. The minimum absolute atomic E-state index is 0.240. The van der Waals surface area contributed by atoms with E-state index in [1.165, 1.54) is 12.1 Å². The molecule has 0 aromatic carbocycles. The second-order valence-corrected chi connectivity index (χ2v) is 3.33. The molecule has 2 heterocycles. The zero-order valence-corrected chi connectivity index (χ0v) is 8.80. The molecule has 2 aromatic heterocycles. The Morgan fingerprint density at radius 3 is 3.00 bits per heavy atom. The third-order valence-electron chi connectivity index (χ3n) is 2.05. The van der Waals surface area contributed by atoms with Crippen molar-refractivity contribution in [1.29, 1.82) is 0 Å². The standard InChI is InChI=1S/C11H9FN4O/c1-2-3-8(13)11-15-10(16-17-11)9-5-4-7(12)6-14-9/h1,4-6,8H,3,13H2. The molecule has 0 saturated carbocycles. The van der Waals surface area contributed by atoms with Crippen LogP contribution in [0.3, 0.4) is 0 Å². The van der Waals surface area contributed by atoms with Crippen LogP contribution in [-0.4, -0.2) is 15.1 Å². The second-order valence-electron chi connectivity index (χ2n) is 3.33. The first-order chi connectivity index (χ1) is 8.20. The van der Waals surface area contributed by atoms with Crippen molar-refractivity contribution in [3.05, 3.63) is 30.0 Å². The van der Waals surface area contributed by atoms with Crippen LogP contribution in [0.15, 0.2) is 22.9 Å². The van der Waals surface area contributed by atoms with Crippen LogP contribution in [0.5, 0.6) is 0 Å². The zero-order valence-electron chi connectivity index (χ0n) is 8.80. The molecule has 6 heteroatoms. The topological polar surface area (TPSA) is 77.8 Å². The zero-order chi connectivity index (χ0) is 12.3. The van der Waals surface area contributed by atoms with Crippen LogP contribution < -0.4 is 5.73 Å². The van der Waals surface area contributed by atoms with Crippen LogP contribution in [-0.2, 0) is 0 Å². The van der Waals surface area contributed by atoms with Gasteiger partial charge in [-0.1, -0.05) is 5.16 Å². The number of terminal acetylenes is 1. The van der Waals surface area contributed by atoms with E-state index in [4.69, 9.17) is 16.7 Å². The largest absolute Gasteiger partial charge is 0.337 e. The van der Waals surface area contributed by atoms with Crippen molar-refractivity contribution >= 4 is 0 Å². The summed E-state index contributed by atoms with van der Waals surface area (Å²) >= 11 is 0. The van der Waals surface area contributed by atoms with Crippen LogP contribution in [0.2, 0.25) is 0 Å². The van der Waals surface area contributed by atoms with Gasteiger partial charge in [-0.3, -0.25) is 0 Å². The summed E-state index contributed by atoms with van der Waals surface area (Å²) in [6.07, 6.45) is 6.51. The molecule has 0 saturated heterocycles. The van der Waals surface area contributed by atoms with E-state index in [0.29, 0.717) is 12.1 Å².